The average molecular weight is 313 g/mol. The Kier molecular flexibility index (Phi) is 3.80. The number of hydrogen-bond acceptors (Lipinski definition) is 2. The van der Waals surface area contributed by atoms with Gasteiger partial charge in [-0.05, 0) is 35.9 Å². The molecule has 2 nitrogen and oxygen atoms in total. The van der Waals surface area contributed by atoms with Gasteiger partial charge in [-0.1, -0.05) is 60.7 Å². The van der Waals surface area contributed by atoms with Crippen LogP contribution >= 0.6 is 0 Å². The zero-order valence-electron chi connectivity index (χ0n) is 13.6. The lowest BCUT2D eigenvalue weighted by Crippen LogP contribution is -2.32. The molecule has 1 aliphatic rings. The second-order valence-electron chi connectivity index (χ2n) is 5.84. The van der Waals surface area contributed by atoms with Crippen LogP contribution in [-0.4, -0.2) is 7.11 Å². The van der Waals surface area contributed by atoms with Crippen molar-refractivity contribution in [3.8, 4) is 5.75 Å². The number of ether oxygens (including phenoxy) is 1. The van der Waals surface area contributed by atoms with Gasteiger partial charge in [0.05, 0.1) is 13.2 Å². The minimum Gasteiger partial charge on any atom is -0.497 e. The molecular formula is C22H19NO. The monoisotopic (exact) mass is 313 g/mol. The summed E-state index contributed by atoms with van der Waals surface area (Å²) in [5, 5.41) is 0. The lowest BCUT2D eigenvalue weighted by atomic mass is 9.91. The van der Waals surface area contributed by atoms with Gasteiger partial charge >= 0.3 is 0 Å². The van der Waals surface area contributed by atoms with Crippen LogP contribution in [0.3, 0.4) is 0 Å². The summed E-state index contributed by atoms with van der Waals surface area (Å²) < 4.78 is 5.22. The minimum absolute atomic E-state index is 0.269. The zero-order chi connectivity index (χ0) is 16.4. The Morgan fingerprint density at radius 3 is 2.29 bits per heavy atom. The average Bonchev–Trinajstić information content (AvgIpc) is 2.64. The van der Waals surface area contributed by atoms with Crippen molar-refractivity contribution in [2.75, 3.05) is 12.0 Å². The molecule has 0 bridgehead atoms. The van der Waals surface area contributed by atoms with Crippen molar-refractivity contribution in [3.63, 3.8) is 0 Å². The first kappa shape index (κ1) is 14.6. The van der Waals surface area contributed by atoms with Crippen LogP contribution in [0.5, 0.6) is 5.75 Å². The summed E-state index contributed by atoms with van der Waals surface area (Å²) in [7, 11) is 1.69. The van der Waals surface area contributed by atoms with Crippen LogP contribution < -0.4 is 9.64 Å². The Morgan fingerprint density at radius 2 is 1.54 bits per heavy atom. The van der Waals surface area contributed by atoms with E-state index in [9.17, 15) is 0 Å². The highest BCUT2D eigenvalue weighted by Crippen LogP contribution is 2.48. The van der Waals surface area contributed by atoms with E-state index < -0.39 is 0 Å². The van der Waals surface area contributed by atoms with Gasteiger partial charge in [0, 0.05) is 16.9 Å². The van der Waals surface area contributed by atoms with Crippen molar-refractivity contribution < 1.29 is 4.74 Å². The molecule has 0 amide bonds. The highest BCUT2D eigenvalue weighted by molar-refractivity contribution is 5.78. The van der Waals surface area contributed by atoms with E-state index in [0.29, 0.717) is 0 Å². The van der Waals surface area contributed by atoms with E-state index in [1.807, 2.05) is 12.1 Å². The summed E-state index contributed by atoms with van der Waals surface area (Å²) >= 11 is 0. The number of hydrogen-bond donors (Lipinski definition) is 0. The van der Waals surface area contributed by atoms with Gasteiger partial charge in [0.1, 0.15) is 5.75 Å². The van der Waals surface area contributed by atoms with Gasteiger partial charge in [0.15, 0.2) is 0 Å². The molecule has 0 saturated heterocycles. The molecule has 2 heteroatoms. The van der Waals surface area contributed by atoms with Crippen LogP contribution in [0.2, 0.25) is 0 Å². The molecule has 4 rings (SSSR count). The molecule has 1 aliphatic heterocycles. The fourth-order valence-electron chi connectivity index (χ4n) is 3.18. The first-order valence-corrected chi connectivity index (χ1v) is 8.12. The molecule has 0 fully saturated rings. The number of anilines is 2. The third kappa shape index (κ3) is 2.56. The molecule has 0 saturated carbocycles. The van der Waals surface area contributed by atoms with Gasteiger partial charge in [-0.15, -0.1) is 0 Å². The molecule has 3 aromatic carbocycles. The van der Waals surface area contributed by atoms with Crippen LogP contribution in [0.25, 0.3) is 6.08 Å². The van der Waals surface area contributed by atoms with Crippen LogP contribution in [0.1, 0.15) is 17.2 Å². The Bertz CT molecular complexity index is 853. The SMILES string of the molecule is COc1ccc(/C=C/C2c3ccccc3N2c2ccccc2)cc1. The Hall–Kier alpha value is -3.00. The molecular weight excluding hydrogens is 294 g/mol. The van der Waals surface area contributed by atoms with E-state index >= 15 is 0 Å². The maximum atomic E-state index is 5.22. The van der Waals surface area contributed by atoms with E-state index in [-0.39, 0.29) is 6.04 Å². The van der Waals surface area contributed by atoms with Crippen LogP contribution in [0, 0.1) is 0 Å². The van der Waals surface area contributed by atoms with E-state index in [1.54, 1.807) is 7.11 Å². The van der Waals surface area contributed by atoms with Gasteiger partial charge in [-0.25, -0.2) is 0 Å². The molecule has 1 unspecified atom stereocenters. The smallest absolute Gasteiger partial charge is 0.118 e. The minimum atomic E-state index is 0.269. The molecule has 0 aromatic heterocycles. The molecule has 1 atom stereocenters. The molecule has 118 valence electrons. The summed E-state index contributed by atoms with van der Waals surface area (Å²) in [6.07, 6.45) is 4.44. The second kappa shape index (κ2) is 6.25. The fourth-order valence-corrected chi connectivity index (χ4v) is 3.18. The molecule has 24 heavy (non-hydrogen) atoms. The van der Waals surface area contributed by atoms with Gasteiger partial charge in [0.2, 0.25) is 0 Å². The Labute approximate surface area is 142 Å². The summed E-state index contributed by atoms with van der Waals surface area (Å²) in [5.41, 5.74) is 5.05. The highest BCUT2D eigenvalue weighted by atomic mass is 16.5. The molecule has 3 aromatic rings. The molecule has 0 N–H and O–H groups in total. The standard InChI is InChI=1S/C22H19NO/c1-24-19-14-11-17(12-15-19)13-16-22-20-9-5-6-10-21(20)23(22)18-7-3-2-4-8-18/h2-16,22H,1H3/b16-13+. The molecule has 0 spiro atoms. The summed E-state index contributed by atoms with van der Waals surface area (Å²) in [6.45, 7) is 0. The van der Waals surface area contributed by atoms with Crippen molar-refractivity contribution in [1.29, 1.82) is 0 Å². The summed E-state index contributed by atoms with van der Waals surface area (Å²) in [4.78, 5) is 2.37. The van der Waals surface area contributed by atoms with Gasteiger partial charge in [-0.2, -0.15) is 0 Å². The Morgan fingerprint density at radius 1 is 0.833 bits per heavy atom. The molecule has 0 aliphatic carbocycles. The van der Waals surface area contributed by atoms with Gasteiger partial charge in [0.25, 0.3) is 0 Å². The number of benzene rings is 3. The fraction of sp³-hybridized carbons (Fsp3) is 0.0909. The van der Waals surface area contributed by atoms with Crippen LogP contribution in [0.4, 0.5) is 11.4 Å². The van der Waals surface area contributed by atoms with Crippen molar-refractivity contribution in [3.05, 3.63) is 96.1 Å². The van der Waals surface area contributed by atoms with Gasteiger partial charge < -0.3 is 9.64 Å². The lowest BCUT2D eigenvalue weighted by Gasteiger charge is -2.43. The van der Waals surface area contributed by atoms with Crippen molar-refractivity contribution in [1.82, 2.24) is 0 Å². The normalized spacial score (nSPS) is 15.9. The topological polar surface area (TPSA) is 12.5 Å². The highest BCUT2D eigenvalue weighted by Gasteiger charge is 2.32. The van der Waals surface area contributed by atoms with Crippen molar-refractivity contribution >= 4 is 17.5 Å². The number of nitrogens with zero attached hydrogens (tertiary/aromatic N) is 1. The predicted octanol–water partition coefficient (Wildman–Crippen LogP) is 5.60. The summed E-state index contributed by atoms with van der Waals surface area (Å²) in [5.74, 6) is 0.882. The van der Waals surface area contributed by atoms with Crippen molar-refractivity contribution in [2.24, 2.45) is 0 Å². The van der Waals surface area contributed by atoms with Crippen LogP contribution in [-0.2, 0) is 0 Å². The Balaban J connectivity index is 1.64. The maximum Gasteiger partial charge on any atom is 0.118 e. The van der Waals surface area contributed by atoms with Crippen molar-refractivity contribution in [2.45, 2.75) is 6.04 Å². The van der Waals surface area contributed by atoms with E-state index in [0.717, 1.165) is 5.75 Å². The predicted molar refractivity (Wildman–Crippen MR) is 99.8 cm³/mol. The second-order valence-corrected chi connectivity index (χ2v) is 5.84. The third-order valence-electron chi connectivity index (χ3n) is 4.41. The zero-order valence-corrected chi connectivity index (χ0v) is 13.6. The largest absolute Gasteiger partial charge is 0.497 e. The first-order chi connectivity index (χ1) is 11.9. The quantitative estimate of drug-likeness (QED) is 0.621. The lowest BCUT2D eigenvalue weighted by molar-refractivity contribution is 0.415. The molecule has 0 radical (unpaired) electrons. The number of rotatable bonds is 4. The van der Waals surface area contributed by atoms with E-state index in [2.05, 4.69) is 83.8 Å². The molecule has 1 heterocycles. The summed E-state index contributed by atoms with van der Waals surface area (Å²) in [6, 6.07) is 27.5. The van der Waals surface area contributed by atoms with E-state index in [1.165, 1.54) is 22.5 Å². The maximum absolute atomic E-state index is 5.22. The number of fused-ring (bicyclic) bond motifs is 1. The van der Waals surface area contributed by atoms with Gasteiger partial charge in [-0.3, -0.25) is 0 Å². The number of methoxy groups -OCH3 is 1. The number of para-hydroxylation sites is 2. The first-order valence-electron chi connectivity index (χ1n) is 8.12. The van der Waals surface area contributed by atoms with E-state index in [4.69, 9.17) is 4.74 Å². The van der Waals surface area contributed by atoms with Crippen LogP contribution in [0.15, 0.2) is 84.9 Å². The third-order valence-corrected chi connectivity index (χ3v) is 4.41.